The largest absolute Gasteiger partial charge is 0.497 e. The minimum Gasteiger partial charge on any atom is -0.497 e. The average Bonchev–Trinajstić information content (AvgIpc) is 3.31. The van der Waals surface area contributed by atoms with Crippen LogP contribution in [0.4, 0.5) is 5.95 Å². The Morgan fingerprint density at radius 2 is 2.03 bits per heavy atom. The van der Waals surface area contributed by atoms with E-state index in [9.17, 15) is 14.7 Å². The quantitative estimate of drug-likeness (QED) is 0.385. The van der Waals surface area contributed by atoms with Crippen LogP contribution in [0.1, 0.15) is 47.3 Å². The number of carbonyl (C=O) groups excluding carboxylic acids is 2. The van der Waals surface area contributed by atoms with Gasteiger partial charge in [0.1, 0.15) is 11.8 Å². The van der Waals surface area contributed by atoms with E-state index >= 15 is 0 Å². The summed E-state index contributed by atoms with van der Waals surface area (Å²) < 4.78 is 10.7. The third-order valence-corrected chi connectivity index (χ3v) is 7.29. The van der Waals surface area contributed by atoms with Crippen LogP contribution >= 0.6 is 0 Å². The molecule has 2 aromatic carbocycles. The van der Waals surface area contributed by atoms with Crippen molar-refractivity contribution in [2.75, 3.05) is 32.2 Å². The van der Waals surface area contributed by atoms with Crippen molar-refractivity contribution in [3.05, 3.63) is 71.4 Å². The molecule has 5 rings (SSSR count). The number of nitrogens with one attached hydrogen (secondary N) is 2. The van der Waals surface area contributed by atoms with Crippen LogP contribution in [0.5, 0.6) is 5.75 Å². The average molecular weight is 532 g/mol. The first-order valence-electron chi connectivity index (χ1n) is 13.1. The van der Waals surface area contributed by atoms with E-state index in [0.717, 1.165) is 37.2 Å². The molecule has 1 aromatic heterocycles. The summed E-state index contributed by atoms with van der Waals surface area (Å²) in [6.07, 6.45) is 3.51. The summed E-state index contributed by atoms with van der Waals surface area (Å²) in [5, 5.41) is 16.2. The second-order valence-corrected chi connectivity index (χ2v) is 9.80. The van der Waals surface area contributed by atoms with Gasteiger partial charge in [-0.2, -0.15) is 0 Å². The van der Waals surface area contributed by atoms with Crippen LogP contribution in [0.3, 0.4) is 0 Å². The van der Waals surface area contributed by atoms with Crippen molar-refractivity contribution in [1.29, 1.82) is 0 Å². The first kappa shape index (κ1) is 26.6. The first-order valence-corrected chi connectivity index (χ1v) is 13.1. The van der Waals surface area contributed by atoms with Crippen LogP contribution in [-0.4, -0.2) is 70.8 Å². The van der Waals surface area contributed by atoms with Gasteiger partial charge in [-0.25, -0.2) is 9.97 Å². The van der Waals surface area contributed by atoms with Crippen LogP contribution in [0.25, 0.3) is 11.3 Å². The molecule has 2 unspecified atom stereocenters. The minimum absolute atomic E-state index is 0.217. The van der Waals surface area contributed by atoms with Crippen molar-refractivity contribution in [2.24, 2.45) is 0 Å². The Balaban J connectivity index is 1.28. The second kappa shape index (κ2) is 11.8. The standard InChI is InChI=1S/C29H33N5O5/c1-18(27(36)32-26(17-35)19-4-3-5-23(14-19)38-2)34-16-21-7-6-20(15-24(21)28(34)37)25-8-11-30-29(33-25)31-22-9-12-39-13-10-22/h3-8,11,14-15,18,22,26,35H,9-10,12-13,16-17H2,1-2H3,(H,32,36)(H,30,31,33). The monoisotopic (exact) mass is 531 g/mol. The normalized spacial score (nSPS) is 16.9. The van der Waals surface area contributed by atoms with Gasteiger partial charge in [-0.15, -0.1) is 0 Å². The summed E-state index contributed by atoms with van der Waals surface area (Å²) in [6, 6.07) is 13.6. The van der Waals surface area contributed by atoms with Crippen LogP contribution in [-0.2, 0) is 16.1 Å². The van der Waals surface area contributed by atoms with Gasteiger partial charge in [-0.05, 0) is 55.2 Å². The summed E-state index contributed by atoms with van der Waals surface area (Å²) >= 11 is 0. The number of fused-ring (bicyclic) bond motifs is 1. The van der Waals surface area contributed by atoms with Gasteiger partial charge < -0.3 is 30.1 Å². The van der Waals surface area contributed by atoms with Crippen molar-refractivity contribution < 1.29 is 24.2 Å². The second-order valence-electron chi connectivity index (χ2n) is 9.80. The fourth-order valence-electron chi connectivity index (χ4n) is 4.94. The molecular formula is C29H33N5O5. The van der Waals surface area contributed by atoms with Crippen LogP contribution < -0.4 is 15.4 Å². The van der Waals surface area contributed by atoms with Crippen LogP contribution in [0.2, 0.25) is 0 Å². The Morgan fingerprint density at radius 3 is 2.79 bits per heavy atom. The van der Waals surface area contributed by atoms with Gasteiger partial charge >= 0.3 is 0 Å². The molecule has 2 atom stereocenters. The minimum atomic E-state index is -0.734. The predicted molar refractivity (Wildman–Crippen MR) is 145 cm³/mol. The fourth-order valence-corrected chi connectivity index (χ4v) is 4.94. The van der Waals surface area contributed by atoms with Crippen molar-refractivity contribution >= 4 is 17.8 Å². The van der Waals surface area contributed by atoms with Gasteiger partial charge in [0.2, 0.25) is 11.9 Å². The lowest BCUT2D eigenvalue weighted by atomic mass is 10.0. The molecule has 204 valence electrons. The highest BCUT2D eigenvalue weighted by atomic mass is 16.5. The number of ether oxygens (including phenoxy) is 2. The molecule has 10 heteroatoms. The number of carbonyl (C=O) groups is 2. The summed E-state index contributed by atoms with van der Waals surface area (Å²) in [5.41, 5.74) is 3.63. The number of anilines is 1. The molecule has 1 saturated heterocycles. The highest BCUT2D eigenvalue weighted by molar-refractivity contribution is 6.02. The maximum absolute atomic E-state index is 13.4. The lowest BCUT2D eigenvalue weighted by Crippen LogP contribution is -2.46. The van der Waals surface area contributed by atoms with Crippen molar-refractivity contribution in [3.8, 4) is 17.0 Å². The molecule has 2 amide bonds. The molecule has 3 aromatic rings. The smallest absolute Gasteiger partial charge is 0.255 e. The van der Waals surface area contributed by atoms with E-state index in [1.165, 1.54) is 0 Å². The number of aliphatic hydroxyl groups excluding tert-OH is 1. The van der Waals surface area contributed by atoms with Gasteiger partial charge in [0.25, 0.3) is 5.91 Å². The summed E-state index contributed by atoms with van der Waals surface area (Å²) in [6.45, 7) is 3.18. The Morgan fingerprint density at radius 1 is 1.21 bits per heavy atom. The molecule has 2 aliphatic heterocycles. The number of amides is 2. The van der Waals surface area contributed by atoms with E-state index < -0.39 is 12.1 Å². The van der Waals surface area contributed by atoms with Gasteiger partial charge in [0, 0.05) is 43.1 Å². The molecule has 10 nitrogen and oxygen atoms in total. The number of hydrogen-bond acceptors (Lipinski definition) is 8. The Hall–Kier alpha value is -4.02. The van der Waals surface area contributed by atoms with E-state index in [4.69, 9.17) is 9.47 Å². The Labute approximate surface area is 227 Å². The van der Waals surface area contributed by atoms with Crippen molar-refractivity contribution in [2.45, 2.75) is 44.4 Å². The van der Waals surface area contributed by atoms with Gasteiger partial charge in [0.05, 0.1) is 25.5 Å². The van der Waals surface area contributed by atoms with Crippen LogP contribution in [0, 0.1) is 0 Å². The van der Waals surface area contributed by atoms with E-state index in [0.29, 0.717) is 35.1 Å². The topological polar surface area (TPSA) is 126 Å². The highest BCUT2D eigenvalue weighted by Crippen LogP contribution is 2.30. The van der Waals surface area contributed by atoms with Gasteiger partial charge in [-0.1, -0.05) is 24.3 Å². The van der Waals surface area contributed by atoms with Crippen molar-refractivity contribution in [1.82, 2.24) is 20.2 Å². The molecule has 0 aliphatic carbocycles. The lowest BCUT2D eigenvalue weighted by Gasteiger charge is -2.26. The summed E-state index contributed by atoms with van der Waals surface area (Å²) in [4.78, 5) is 37.1. The maximum atomic E-state index is 13.4. The van der Waals surface area contributed by atoms with E-state index in [1.807, 2.05) is 30.3 Å². The predicted octanol–water partition coefficient (Wildman–Crippen LogP) is 2.94. The van der Waals surface area contributed by atoms with Crippen LogP contribution in [0.15, 0.2) is 54.7 Å². The SMILES string of the molecule is COc1cccc(C(CO)NC(=O)C(C)N2Cc3ccc(-c4ccnc(NC5CCOCC5)n4)cc3C2=O)c1. The number of hydrogen-bond donors (Lipinski definition) is 3. The molecular weight excluding hydrogens is 498 g/mol. The van der Waals surface area contributed by atoms with Gasteiger partial charge in [-0.3, -0.25) is 9.59 Å². The molecule has 0 bridgehead atoms. The third-order valence-electron chi connectivity index (χ3n) is 7.29. The van der Waals surface area contributed by atoms with E-state index in [-0.39, 0.29) is 24.5 Å². The van der Waals surface area contributed by atoms with E-state index in [2.05, 4.69) is 20.6 Å². The zero-order chi connectivity index (χ0) is 27.4. The first-order chi connectivity index (χ1) is 19.0. The maximum Gasteiger partial charge on any atom is 0.255 e. The molecule has 0 spiro atoms. The highest BCUT2D eigenvalue weighted by Gasteiger charge is 2.35. The number of benzene rings is 2. The lowest BCUT2D eigenvalue weighted by molar-refractivity contribution is -0.126. The fraction of sp³-hybridized carbons (Fsp3) is 0.379. The number of methoxy groups -OCH3 is 1. The number of aliphatic hydroxyl groups is 1. The van der Waals surface area contributed by atoms with E-state index in [1.54, 1.807) is 43.3 Å². The third kappa shape index (κ3) is 5.86. The molecule has 39 heavy (non-hydrogen) atoms. The molecule has 1 fully saturated rings. The molecule has 2 aliphatic rings. The number of rotatable bonds is 9. The molecule has 0 radical (unpaired) electrons. The summed E-state index contributed by atoms with van der Waals surface area (Å²) in [7, 11) is 1.56. The number of nitrogens with zero attached hydrogens (tertiary/aromatic N) is 3. The Kier molecular flexibility index (Phi) is 8.04. The molecule has 3 N–H and O–H groups in total. The molecule has 3 heterocycles. The Bertz CT molecular complexity index is 1340. The van der Waals surface area contributed by atoms with Gasteiger partial charge in [0.15, 0.2) is 0 Å². The zero-order valence-electron chi connectivity index (χ0n) is 22.1. The molecule has 0 saturated carbocycles. The van der Waals surface area contributed by atoms with Crippen molar-refractivity contribution in [3.63, 3.8) is 0 Å². The zero-order valence-corrected chi connectivity index (χ0v) is 22.1. The summed E-state index contributed by atoms with van der Waals surface area (Å²) in [5.74, 6) is 0.612. The number of aromatic nitrogens is 2.